The van der Waals surface area contributed by atoms with E-state index in [2.05, 4.69) is 0 Å². The normalized spacial score (nSPS) is 16.8. The maximum Gasteiger partial charge on any atom is 0.141 e. The van der Waals surface area contributed by atoms with Gasteiger partial charge in [0.15, 0.2) is 0 Å². The lowest BCUT2D eigenvalue weighted by atomic mass is 10.1. The van der Waals surface area contributed by atoms with Crippen LogP contribution in [0.15, 0.2) is 22.6 Å². The van der Waals surface area contributed by atoms with Crippen molar-refractivity contribution >= 4 is 11.0 Å². The molecule has 18 heavy (non-hydrogen) atoms. The molecular formula is C14H17NO3. The third-order valence-electron chi connectivity index (χ3n) is 3.51. The van der Waals surface area contributed by atoms with Crippen LogP contribution in [0.1, 0.15) is 24.6 Å². The molecule has 1 aliphatic carbocycles. The van der Waals surface area contributed by atoms with Crippen LogP contribution in [0, 0.1) is 5.92 Å². The van der Waals surface area contributed by atoms with Crippen LogP contribution in [0.4, 0.5) is 0 Å². The van der Waals surface area contributed by atoms with Gasteiger partial charge in [-0.05, 0) is 24.8 Å². The quantitative estimate of drug-likeness (QED) is 0.902. The molecule has 3 rings (SSSR count). The predicted molar refractivity (Wildman–Crippen MR) is 69.0 cm³/mol. The van der Waals surface area contributed by atoms with Gasteiger partial charge in [-0.1, -0.05) is 0 Å². The molecule has 1 aromatic carbocycles. The Hall–Kier alpha value is -1.68. The molecule has 2 N–H and O–H groups in total. The smallest absolute Gasteiger partial charge is 0.141 e. The number of hydrogen-bond acceptors (Lipinski definition) is 4. The monoisotopic (exact) mass is 247 g/mol. The van der Waals surface area contributed by atoms with E-state index in [1.54, 1.807) is 14.2 Å². The van der Waals surface area contributed by atoms with Crippen molar-refractivity contribution in [3.05, 3.63) is 24.0 Å². The highest BCUT2D eigenvalue weighted by atomic mass is 16.5. The minimum Gasteiger partial charge on any atom is -0.496 e. The van der Waals surface area contributed by atoms with Crippen LogP contribution in [-0.2, 0) is 0 Å². The van der Waals surface area contributed by atoms with E-state index < -0.39 is 0 Å². The average molecular weight is 247 g/mol. The number of hydrogen-bond donors (Lipinski definition) is 1. The molecule has 0 radical (unpaired) electrons. The standard InChI is InChI=1S/C14H17NO3/c1-16-9-5-11(17-2)10-7-13(18-12(10)6-9)14(15)8-3-4-8/h5-8,14H,3-4,15H2,1-2H3. The zero-order chi connectivity index (χ0) is 12.7. The van der Waals surface area contributed by atoms with Crippen LogP contribution in [0.2, 0.25) is 0 Å². The van der Waals surface area contributed by atoms with Crippen molar-refractivity contribution in [1.82, 2.24) is 0 Å². The maximum atomic E-state index is 6.16. The molecule has 1 heterocycles. The topological polar surface area (TPSA) is 57.6 Å². The van der Waals surface area contributed by atoms with E-state index >= 15 is 0 Å². The second kappa shape index (κ2) is 4.21. The molecule has 1 aliphatic rings. The second-order valence-corrected chi connectivity index (χ2v) is 4.75. The molecule has 1 aromatic heterocycles. The molecule has 0 bridgehead atoms. The van der Waals surface area contributed by atoms with E-state index in [1.807, 2.05) is 18.2 Å². The Morgan fingerprint density at radius 3 is 2.61 bits per heavy atom. The van der Waals surface area contributed by atoms with Gasteiger partial charge in [0.1, 0.15) is 22.8 Å². The van der Waals surface area contributed by atoms with E-state index in [9.17, 15) is 0 Å². The predicted octanol–water partition coefficient (Wildman–Crippen LogP) is 2.86. The van der Waals surface area contributed by atoms with Crippen molar-refractivity contribution in [2.45, 2.75) is 18.9 Å². The maximum absolute atomic E-state index is 6.16. The first-order chi connectivity index (χ1) is 8.72. The Labute approximate surface area is 106 Å². The summed E-state index contributed by atoms with van der Waals surface area (Å²) in [5, 5.41) is 0.949. The van der Waals surface area contributed by atoms with Gasteiger partial charge < -0.3 is 19.6 Å². The molecule has 1 saturated carbocycles. The molecule has 0 amide bonds. The number of benzene rings is 1. The van der Waals surface area contributed by atoms with Crippen LogP contribution < -0.4 is 15.2 Å². The highest BCUT2D eigenvalue weighted by molar-refractivity contribution is 5.86. The second-order valence-electron chi connectivity index (χ2n) is 4.75. The van der Waals surface area contributed by atoms with Gasteiger partial charge >= 0.3 is 0 Å². The van der Waals surface area contributed by atoms with Gasteiger partial charge in [-0.2, -0.15) is 0 Å². The SMILES string of the molecule is COc1cc(OC)c2cc(C(N)C3CC3)oc2c1. The summed E-state index contributed by atoms with van der Waals surface area (Å²) in [6.45, 7) is 0. The van der Waals surface area contributed by atoms with Crippen LogP contribution in [0.5, 0.6) is 11.5 Å². The van der Waals surface area contributed by atoms with Crippen LogP contribution in [-0.4, -0.2) is 14.2 Å². The molecule has 0 spiro atoms. The fourth-order valence-corrected chi connectivity index (χ4v) is 2.24. The average Bonchev–Trinajstić information content (AvgIpc) is 3.15. The third-order valence-corrected chi connectivity index (χ3v) is 3.51. The molecule has 0 saturated heterocycles. The summed E-state index contributed by atoms with van der Waals surface area (Å²) in [6.07, 6.45) is 2.39. The number of furan rings is 1. The highest BCUT2D eigenvalue weighted by Crippen LogP contribution is 2.42. The Bertz CT molecular complexity index is 572. The summed E-state index contributed by atoms with van der Waals surface area (Å²) >= 11 is 0. The lowest BCUT2D eigenvalue weighted by Crippen LogP contribution is -2.10. The van der Waals surface area contributed by atoms with E-state index in [0.29, 0.717) is 5.92 Å². The first kappa shape index (κ1) is 11.4. The van der Waals surface area contributed by atoms with E-state index in [1.165, 1.54) is 12.8 Å². The van der Waals surface area contributed by atoms with Crippen molar-refractivity contribution in [3.63, 3.8) is 0 Å². The van der Waals surface area contributed by atoms with Crippen molar-refractivity contribution in [3.8, 4) is 11.5 Å². The summed E-state index contributed by atoms with van der Waals surface area (Å²) in [5.74, 6) is 2.88. The first-order valence-electron chi connectivity index (χ1n) is 6.14. The van der Waals surface area contributed by atoms with Gasteiger partial charge in [-0.3, -0.25) is 0 Å². The molecule has 1 atom stereocenters. The fraction of sp³-hybridized carbons (Fsp3) is 0.429. The number of fused-ring (bicyclic) bond motifs is 1. The molecule has 1 fully saturated rings. The lowest BCUT2D eigenvalue weighted by molar-refractivity contribution is 0.396. The first-order valence-corrected chi connectivity index (χ1v) is 6.14. The van der Waals surface area contributed by atoms with Gasteiger partial charge in [0.05, 0.1) is 25.6 Å². The number of nitrogens with two attached hydrogens (primary N) is 1. The Kier molecular flexibility index (Phi) is 2.67. The zero-order valence-electron chi connectivity index (χ0n) is 10.6. The van der Waals surface area contributed by atoms with Gasteiger partial charge in [0, 0.05) is 12.1 Å². The summed E-state index contributed by atoms with van der Waals surface area (Å²) < 4.78 is 16.4. The molecule has 2 aromatic rings. The summed E-state index contributed by atoms with van der Waals surface area (Å²) in [5.41, 5.74) is 6.92. The van der Waals surface area contributed by atoms with Gasteiger partial charge in [-0.25, -0.2) is 0 Å². The van der Waals surface area contributed by atoms with Crippen molar-refractivity contribution in [2.75, 3.05) is 14.2 Å². The van der Waals surface area contributed by atoms with Crippen LogP contribution >= 0.6 is 0 Å². The van der Waals surface area contributed by atoms with E-state index in [4.69, 9.17) is 19.6 Å². The van der Waals surface area contributed by atoms with E-state index in [0.717, 1.165) is 28.2 Å². The van der Waals surface area contributed by atoms with Crippen molar-refractivity contribution in [2.24, 2.45) is 11.7 Å². The highest BCUT2D eigenvalue weighted by Gasteiger charge is 2.32. The molecule has 4 heteroatoms. The number of ether oxygens (including phenoxy) is 2. The minimum absolute atomic E-state index is 0.00639. The van der Waals surface area contributed by atoms with E-state index in [-0.39, 0.29) is 6.04 Å². The molecule has 0 aliphatic heterocycles. The Morgan fingerprint density at radius 2 is 2.00 bits per heavy atom. The summed E-state index contributed by atoms with van der Waals surface area (Å²) in [4.78, 5) is 0. The van der Waals surface area contributed by atoms with Crippen LogP contribution in [0.3, 0.4) is 0 Å². The Morgan fingerprint density at radius 1 is 1.22 bits per heavy atom. The fourth-order valence-electron chi connectivity index (χ4n) is 2.24. The van der Waals surface area contributed by atoms with Crippen molar-refractivity contribution < 1.29 is 13.9 Å². The molecular weight excluding hydrogens is 230 g/mol. The van der Waals surface area contributed by atoms with Crippen molar-refractivity contribution in [1.29, 1.82) is 0 Å². The van der Waals surface area contributed by atoms with Gasteiger partial charge in [0.25, 0.3) is 0 Å². The molecule has 1 unspecified atom stereocenters. The Balaban J connectivity index is 2.09. The van der Waals surface area contributed by atoms with Gasteiger partial charge in [0.2, 0.25) is 0 Å². The number of methoxy groups -OCH3 is 2. The summed E-state index contributed by atoms with van der Waals surface area (Å²) in [6, 6.07) is 5.69. The van der Waals surface area contributed by atoms with Gasteiger partial charge in [-0.15, -0.1) is 0 Å². The molecule has 96 valence electrons. The lowest BCUT2D eigenvalue weighted by Gasteiger charge is -2.04. The largest absolute Gasteiger partial charge is 0.496 e. The zero-order valence-corrected chi connectivity index (χ0v) is 10.6. The molecule has 4 nitrogen and oxygen atoms in total. The third kappa shape index (κ3) is 1.82. The summed E-state index contributed by atoms with van der Waals surface area (Å²) in [7, 11) is 3.27. The number of rotatable bonds is 4. The van der Waals surface area contributed by atoms with Crippen LogP contribution in [0.25, 0.3) is 11.0 Å². The minimum atomic E-state index is -0.00639.